The van der Waals surface area contributed by atoms with Crippen LogP contribution in [0, 0.1) is 5.92 Å². The van der Waals surface area contributed by atoms with E-state index in [0.29, 0.717) is 6.42 Å². The number of hydrogen-bond acceptors (Lipinski definition) is 2. The van der Waals surface area contributed by atoms with E-state index in [2.05, 4.69) is 4.98 Å². The van der Waals surface area contributed by atoms with Gasteiger partial charge < -0.3 is 15.2 Å². The molecule has 0 aromatic carbocycles. The summed E-state index contributed by atoms with van der Waals surface area (Å²) in [6, 6.07) is 1.86. The van der Waals surface area contributed by atoms with E-state index >= 15 is 0 Å². The minimum Gasteiger partial charge on any atom is -0.481 e. The second-order valence-electron chi connectivity index (χ2n) is 3.83. The van der Waals surface area contributed by atoms with E-state index in [1.807, 2.05) is 6.07 Å². The van der Waals surface area contributed by atoms with Gasteiger partial charge in [-0.2, -0.15) is 0 Å². The highest BCUT2D eigenvalue weighted by molar-refractivity contribution is 5.67. The zero-order valence-electron chi connectivity index (χ0n) is 7.73. The lowest BCUT2D eigenvalue weighted by Crippen LogP contribution is -2.20. The number of aliphatic hydroxyl groups is 1. The van der Waals surface area contributed by atoms with E-state index in [1.165, 1.54) is 0 Å². The summed E-state index contributed by atoms with van der Waals surface area (Å²) in [7, 11) is 0. The Bertz CT molecular complexity index is 345. The van der Waals surface area contributed by atoms with Crippen molar-refractivity contribution in [1.82, 2.24) is 4.98 Å². The van der Waals surface area contributed by atoms with Crippen LogP contribution in [0.2, 0.25) is 0 Å². The number of hydrogen-bond donors (Lipinski definition) is 3. The molecule has 1 heterocycles. The number of rotatable bonds is 2. The molecule has 3 N–H and O–H groups in total. The highest BCUT2D eigenvalue weighted by Crippen LogP contribution is 2.33. The summed E-state index contributed by atoms with van der Waals surface area (Å²) >= 11 is 0. The molecule has 0 saturated carbocycles. The van der Waals surface area contributed by atoms with Crippen LogP contribution in [-0.4, -0.2) is 21.2 Å². The first kappa shape index (κ1) is 9.27. The first-order chi connectivity index (χ1) is 6.66. The van der Waals surface area contributed by atoms with Gasteiger partial charge in [0.05, 0.1) is 6.10 Å². The van der Waals surface area contributed by atoms with Crippen molar-refractivity contribution in [3.05, 3.63) is 23.5 Å². The Morgan fingerprint density at radius 1 is 1.64 bits per heavy atom. The summed E-state index contributed by atoms with van der Waals surface area (Å²) in [5, 5.41) is 18.4. The number of carboxylic acids is 1. The van der Waals surface area contributed by atoms with Crippen molar-refractivity contribution >= 4 is 5.97 Å². The highest BCUT2D eigenvalue weighted by Gasteiger charge is 2.27. The summed E-state index contributed by atoms with van der Waals surface area (Å²) in [5.74, 6) is -0.745. The zero-order valence-corrected chi connectivity index (χ0v) is 7.73. The fourth-order valence-corrected chi connectivity index (χ4v) is 2.12. The Morgan fingerprint density at radius 2 is 2.43 bits per heavy atom. The molecule has 0 fully saturated rings. The van der Waals surface area contributed by atoms with E-state index in [1.54, 1.807) is 6.20 Å². The van der Waals surface area contributed by atoms with Crippen LogP contribution < -0.4 is 0 Å². The molecule has 76 valence electrons. The van der Waals surface area contributed by atoms with E-state index in [0.717, 1.165) is 17.7 Å². The van der Waals surface area contributed by atoms with Crippen LogP contribution in [0.15, 0.2) is 12.3 Å². The fourth-order valence-electron chi connectivity index (χ4n) is 2.12. The summed E-state index contributed by atoms with van der Waals surface area (Å²) in [6.45, 7) is 0. The normalized spacial score (nSPS) is 25.8. The fraction of sp³-hybridized carbons (Fsp3) is 0.500. The van der Waals surface area contributed by atoms with Crippen LogP contribution in [0.1, 0.15) is 30.2 Å². The topological polar surface area (TPSA) is 73.3 Å². The van der Waals surface area contributed by atoms with Gasteiger partial charge in [-0.1, -0.05) is 0 Å². The number of aliphatic carboxylic acids is 1. The van der Waals surface area contributed by atoms with E-state index in [4.69, 9.17) is 5.11 Å². The molecule has 0 amide bonds. The van der Waals surface area contributed by atoms with Crippen LogP contribution in [0.25, 0.3) is 0 Å². The molecular formula is C10H13NO3. The molecule has 2 rings (SSSR count). The Labute approximate surface area is 81.6 Å². The molecule has 0 saturated heterocycles. The summed E-state index contributed by atoms with van der Waals surface area (Å²) in [6.07, 6.45) is 2.70. The molecule has 14 heavy (non-hydrogen) atoms. The van der Waals surface area contributed by atoms with Gasteiger partial charge in [-0.25, -0.2) is 0 Å². The van der Waals surface area contributed by atoms with Crippen molar-refractivity contribution in [3.8, 4) is 0 Å². The summed E-state index contributed by atoms with van der Waals surface area (Å²) < 4.78 is 0. The number of carbonyl (C=O) groups is 1. The minimum atomic E-state index is -0.794. The van der Waals surface area contributed by atoms with Crippen molar-refractivity contribution in [2.75, 3.05) is 0 Å². The third-order valence-electron chi connectivity index (χ3n) is 2.74. The third-order valence-corrected chi connectivity index (χ3v) is 2.74. The Balaban J connectivity index is 2.13. The average molecular weight is 195 g/mol. The van der Waals surface area contributed by atoms with Gasteiger partial charge in [0, 0.05) is 23.9 Å². The van der Waals surface area contributed by atoms with Crippen molar-refractivity contribution in [1.29, 1.82) is 0 Å². The first-order valence-electron chi connectivity index (χ1n) is 4.73. The average Bonchev–Trinajstić information content (AvgIpc) is 2.50. The van der Waals surface area contributed by atoms with Crippen LogP contribution >= 0.6 is 0 Å². The molecule has 1 aliphatic carbocycles. The molecule has 4 heteroatoms. The molecule has 4 nitrogen and oxygen atoms in total. The van der Waals surface area contributed by atoms with Gasteiger partial charge in [-0.3, -0.25) is 4.79 Å². The molecule has 1 aromatic heterocycles. The molecule has 1 aromatic rings. The summed E-state index contributed by atoms with van der Waals surface area (Å²) in [5.41, 5.74) is 1.90. The lowest BCUT2D eigenvalue weighted by molar-refractivity contribution is -0.138. The Morgan fingerprint density at radius 3 is 3.14 bits per heavy atom. The molecule has 2 unspecified atom stereocenters. The van der Waals surface area contributed by atoms with Crippen molar-refractivity contribution in [3.63, 3.8) is 0 Å². The smallest absolute Gasteiger partial charge is 0.303 e. The number of fused-ring (bicyclic) bond motifs is 1. The highest BCUT2D eigenvalue weighted by atomic mass is 16.4. The van der Waals surface area contributed by atoms with E-state index in [9.17, 15) is 9.90 Å². The molecular weight excluding hydrogens is 182 g/mol. The molecule has 0 bridgehead atoms. The Hall–Kier alpha value is -1.29. The number of carboxylic acid groups (broad SMARTS) is 1. The van der Waals surface area contributed by atoms with Crippen LogP contribution in [0.4, 0.5) is 0 Å². The minimum absolute atomic E-state index is 0.0497. The predicted octanol–water partition coefficient (Wildman–Crippen LogP) is 1.09. The van der Waals surface area contributed by atoms with Gasteiger partial charge in [0.1, 0.15) is 0 Å². The lowest BCUT2D eigenvalue weighted by Gasteiger charge is -2.24. The molecule has 0 aliphatic heterocycles. The lowest BCUT2D eigenvalue weighted by atomic mass is 9.84. The van der Waals surface area contributed by atoms with E-state index < -0.39 is 12.1 Å². The maximum Gasteiger partial charge on any atom is 0.303 e. The van der Waals surface area contributed by atoms with Gasteiger partial charge in [0.25, 0.3) is 0 Å². The molecule has 0 radical (unpaired) electrons. The van der Waals surface area contributed by atoms with Crippen molar-refractivity contribution in [2.24, 2.45) is 5.92 Å². The zero-order chi connectivity index (χ0) is 10.1. The predicted molar refractivity (Wildman–Crippen MR) is 49.8 cm³/mol. The molecule has 1 aliphatic rings. The van der Waals surface area contributed by atoms with E-state index in [-0.39, 0.29) is 12.3 Å². The van der Waals surface area contributed by atoms with Gasteiger partial charge in [0.2, 0.25) is 0 Å². The number of aromatic amines is 1. The van der Waals surface area contributed by atoms with Gasteiger partial charge in [-0.15, -0.1) is 0 Å². The van der Waals surface area contributed by atoms with Crippen LogP contribution in [0.3, 0.4) is 0 Å². The van der Waals surface area contributed by atoms with Crippen LogP contribution in [-0.2, 0) is 11.2 Å². The first-order valence-corrected chi connectivity index (χ1v) is 4.73. The maximum absolute atomic E-state index is 10.5. The monoisotopic (exact) mass is 195 g/mol. The standard InChI is InChI=1S/C10H13NO3/c12-9-4-6(5-10(13)14)3-8-7(9)1-2-11-8/h1-2,6,9,11-12H,3-5H2,(H,13,14). The molecule has 2 atom stereocenters. The van der Waals surface area contributed by atoms with Gasteiger partial charge >= 0.3 is 5.97 Å². The maximum atomic E-state index is 10.5. The second-order valence-corrected chi connectivity index (χ2v) is 3.83. The van der Waals surface area contributed by atoms with Crippen molar-refractivity contribution in [2.45, 2.75) is 25.4 Å². The summed E-state index contributed by atoms with van der Waals surface area (Å²) in [4.78, 5) is 13.6. The quantitative estimate of drug-likeness (QED) is 0.661. The molecule has 0 spiro atoms. The number of aliphatic hydroxyl groups excluding tert-OH is 1. The SMILES string of the molecule is O=C(O)CC1Cc2[nH]ccc2C(O)C1. The van der Waals surface area contributed by atoms with Gasteiger partial charge in [0.15, 0.2) is 0 Å². The Kier molecular flexibility index (Phi) is 2.29. The van der Waals surface area contributed by atoms with Gasteiger partial charge in [-0.05, 0) is 24.8 Å². The third kappa shape index (κ3) is 1.65. The van der Waals surface area contributed by atoms with Crippen molar-refractivity contribution < 1.29 is 15.0 Å². The number of aromatic nitrogens is 1. The largest absolute Gasteiger partial charge is 0.481 e. The second kappa shape index (κ2) is 3.46. The van der Waals surface area contributed by atoms with Crippen LogP contribution in [0.5, 0.6) is 0 Å². The number of nitrogens with one attached hydrogen (secondary N) is 1. The number of H-pyrrole nitrogens is 1.